The van der Waals surface area contributed by atoms with Gasteiger partial charge in [-0.25, -0.2) is 4.79 Å². The molecule has 0 saturated heterocycles. The Kier molecular flexibility index (Phi) is 3.69. The van der Waals surface area contributed by atoms with Gasteiger partial charge >= 0.3 is 5.97 Å². The molecule has 1 aromatic rings. The van der Waals surface area contributed by atoms with Crippen molar-refractivity contribution < 1.29 is 14.6 Å². The molecule has 0 saturated carbocycles. The van der Waals surface area contributed by atoms with Crippen LogP contribution in [0.1, 0.15) is 26.3 Å². The number of fused-ring (bicyclic) bond motifs is 1. The lowest BCUT2D eigenvalue weighted by molar-refractivity contribution is -0.138. The molecule has 1 aliphatic rings. The van der Waals surface area contributed by atoms with Crippen molar-refractivity contribution in [2.24, 2.45) is 5.92 Å². The molecule has 0 aromatic heterocycles. The van der Waals surface area contributed by atoms with Crippen LogP contribution in [-0.4, -0.2) is 29.8 Å². The lowest BCUT2D eigenvalue weighted by Crippen LogP contribution is -2.49. The van der Waals surface area contributed by atoms with Gasteiger partial charge in [0.1, 0.15) is 17.9 Å². The second-order valence-electron chi connectivity index (χ2n) is 5.54. The molecule has 2 rings (SSSR count). The molecular weight excluding hydrogens is 242 g/mol. The van der Waals surface area contributed by atoms with Gasteiger partial charge in [0.05, 0.1) is 12.2 Å². The van der Waals surface area contributed by atoms with E-state index in [4.69, 9.17) is 4.74 Å². The Balaban J connectivity index is 2.41. The quantitative estimate of drug-likeness (QED) is 0.911. The molecule has 0 radical (unpaired) electrons. The van der Waals surface area contributed by atoms with Gasteiger partial charge in [0.2, 0.25) is 0 Å². The number of hydrogen-bond acceptors (Lipinski definition) is 3. The minimum atomic E-state index is -0.808. The summed E-state index contributed by atoms with van der Waals surface area (Å²) in [5, 5.41) is 9.27. The Labute approximate surface area is 114 Å². The molecule has 4 heteroatoms. The molecular formula is C15H21NO3. The number of anilines is 1. The van der Waals surface area contributed by atoms with Crippen molar-refractivity contribution in [1.29, 1.82) is 0 Å². The summed E-state index contributed by atoms with van der Waals surface area (Å²) in [5.41, 5.74) is 1.99. The molecule has 104 valence electrons. The van der Waals surface area contributed by atoms with Crippen molar-refractivity contribution in [2.75, 3.05) is 11.4 Å². The van der Waals surface area contributed by atoms with Crippen LogP contribution < -0.4 is 9.64 Å². The van der Waals surface area contributed by atoms with Crippen molar-refractivity contribution in [2.45, 2.75) is 39.8 Å². The molecule has 0 spiro atoms. The number of aryl methyl sites for hydroxylation is 1. The molecule has 1 heterocycles. The fourth-order valence-electron chi connectivity index (χ4n) is 2.29. The van der Waals surface area contributed by atoms with Gasteiger partial charge in [-0.1, -0.05) is 19.9 Å². The fraction of sp³-hybridized carbons (Fsp3) is 0.533. The number of carboxylic acids is 1. The molecule has 1 aromatic carbocycles. The number of carbonyl (C=O) groups is 1. The zero-order valence-electron chi connectivity index (χ0n) is 11.9. The van der Waals surface area contributed by atoms with Gasteiger partial charge in [-0.2, -0.15) is 0 Å². The summed E-state index contributed by atoms with van der Waals surface area (Å²) >= 11 is 0. The first-order valence-corrected chi connectivity index (χ1v) is 6.67. The minimum Gasteiger partial charge on any atom is -0.486 e. The highest BCUT2D eigenvalue weighted by Gasteiger charge is 2.32. The van der Waals surface area contributed by atoms with Crippen molar-refractivity contribution >= 4 is 11.7 Å². The molecule has 4 nitrogen and oxygen atoms in total. The Morgan fingerprint density at radius 1 is 1.42 bits per heavy atom. The number of aliphatic carboxylic acids is 1. The van der Waals surface area contributed by atoms with Gasteiger partial charge in [0.25, 0.3) is 0 Å². The van der Waals surface area contributed by atoms with Crippen LogP contribution in [0.25, 0.3) is 0 Å². The van der Waals surface area contributed by atoms with E-state index in [0.717, 1.165) is 17.0 Å². The molecule has 0 amide bonds. The van der Waals surface area contributed by atoms with Gasteiger partial charge in [-0.05, 0) is 37.5 Å². The van der Waals surface area contributed by atoms with Crippen LogP contribution in [0.2, 0.25) is 0 Å². The van der Waals surface area contributed by atoms with Gasteiger partial charge in [0, 0.05) is 0 Å². The monoisotopic (exact) mass is 263 g/mol. The zero-order valence-corrected chi connectivity index (χ0v) is 11.9. The van der Waals surface area contributed by atoms with Crippen molar-refractivity contribution in [3.63, 3.8) is 0 Å². The standard InChI is InChI=1S/C15H21NO3/c1-9(2)14-8-16(11(4)15(17)18)12-7-10(3)5-6-13(12)19-14/h5-7,9,11,14H,8H2,1-4H3,(H,17,18). The smallest absolute Gasteiger partial charge is 0.326 e. The van der Waals surface area contributed by atoms with E-state index in [-0.39, 0.29) is 6.10 Å². The Morgan fingerprint density at radius 3 is 2.68 bits per heavy atom. The summed E-state index contributed by atoms with van der Waals surface area (Å²) < 4.78 is 5.97. The predicted molar refractivity (Wildman–Crippen MR) is 74.9 cm³/mol. The van der Waals surface area contributed by atoms with E-state index in [9.17, 15) is 9.90 Å². The lowest BCUT2D eigenvalue weighted by atomic mass is 10.0. The first-order chi connectivity index (χ1) is 8.90. The SMILES string of the molecule is Cc1ccc2c(c1)N(C(C)C(=O)O)CC(C(C)C)O2. The number of nitrogens with zero attached hydrogens (tertiary/aromatic N) is 1. The second kappa shape index (κ2) is 5.11. The third kappa shape index (κ3) is 2.67. The van der Waals surface area contributed by atoms with Gasteiger partial charge in [0.15, 0.2) is 0 Å². The van der Waals surface area contributed by atoms with E-state index in [1.54, 1.807) is 6.92 Å². The van der Waals surface area contributed by atoms with Crippen LogP contribution in [0.15, 0.2) is 18.2 Å². The normalized spacial score (nSPS) is 19.8. The van der Waals surface area contributed by atoms with Crippen LogP contribution in [0.4, 0.5) is 5.69 Å². The van der Waals surface area contributed by atoms with Crippen LogP contribution in [0.3, 0.4) is 0 Å². The molecule has 19 heavy (non-hydrogen) atoms. The van der Waals surface area contributed by atoms with E-state index in [1.165, 1.54) is 0 Å². The summed E-state index contributed by atoms with van der Waals surface area (Å²) in [6, 6.07) is 5.36. The molecule has 2 unspecified atom stereocenters. The largest absolute Gasteiger partial charge is 0.486 e. The summed E-state index contributed by atoms with van der Waals surface area (Å²) in [5.74, 6) is 0.318. The molecule has 2 atom stereocenters. The summed E-state index contributed by atoms with van der Waals surface area (Å²) in [6.07, 6.45) is 0.0250. The lowest BCUT2D eigenvalue weighted by Gasteiger charge is -2.40. The Hall–Kier alpha value is -1.71. The number of benzene rings is 1. The minimum absolute atomic E-state index is 0.0250. The van der Waals surface area contributed by atoms with E-state index in [1.807, 2.05) is 30.0 Å². The van der Waals surface area contributed by atoms with Crippen molar-refractivity contribution in [3.8, 4) is 5.75 Å². The molecule has 0 bridgehead atoms. The van der Waals surface area contributed by atoms with Crippen LogP contribution in [0.5, 0.6) is 5.75 Å². The maximum Gasteiger partial charge on any atom is 0.326 e. The molecule has 1 N–H and O–H groups in total. The first-order valence-electron chi connectivity index (χ1n) is 6.67. The van der Waals surface area contributed by atoms with E-state index < -0.39 is 12.0 Å². The molecule has 1 aliphatic heterocycles. The highest BCUT2D eigenvalue weighted by Crippen LogP contribution is 2.36. The topological polar surface area (TPSA) is 49.8 Å². The van der Waals surface area contributed by atoms with E-state index >= 15 is 0 Å². The van der Waals surface area contributed by atoms with Gasteiger partial charge < -0.3 is 14.7 Å². The average Bonchev–Trinajstić information content (AvgIpc) is 2.36. The molecule has 0 aliphatic carbocycles. The fourth-order valence-corrected chi connectivity index (χ4v) is 2.29. The Bertz CT molecular complexity index is 484. The van der Waals surface area contributed by atoms with E-state index in [2.05, 4.69) is 13.8 Å². The summed E-state index contributed by atoms with van der Waals surface area (Å²) in [7, 11) is 0. The summed E-state index contributed by atoms with van der Waals surface area (Å²) in [4.78, 5) is 13.2. The second-order valence-corrected chi connectivity index (χ2v) is 5.54. The number of rotatable bonds is 3. The summed E-state index contributed by atoms with van der Waals surface area (Å²) in [6.45, 7) is 8.51. The zero-order chi connectivity index (χ0) is 14.2. The Morgan fingerprint density at radius 2 is 2.11 bits per heavy atom. The van der Waals surface area contributed by atoms with Crippen LogP contribution >= 0.6 is 0 Å². The average molecular weight is 263 g/mol. The van der Waals surface area contributed by atoms with Crippen molar-refractivity contribution in [3.05, 3.63) is 23.8 Å². The van der Waals surface area contributed by atoms with Crippen LogP contribution in [0, 0.1) is 12.8 Å². The highest BCUT2D eigenvalue weighted by molar-refractivity contribution is 5.79. The number of ether oxygens (including phenoxy) is 1. The predicted octanol–water partition coefficient (Wildman–Crippen LogP) is 2.69. The third-order valence-electron chi connectivity index (χ3n) is 3.65. The number of hydrogen-bond donors (Lipinski definition) is 1. The third-order valence-corrected chi connectivity index (χ3v) is 3.65. The highest BCUT2D eigenvalue weighted by atomic mass is 16.5. The maximum atomic E-state index is 11.3. The van der Waals surface area contributed by atoms with Crippen LogP contribution in [-0.2, 0) is 4.79 Å². The van der Waals surface area contributed by atoms with Gasteiger partial charge in [-0.3, -0.25) is 0 Å². The van der Waals surface area contributed by atoms with E-state index in [0.29, 0.717) is 12.5 Å². The number of carboxylic acid groups (broad SMARTS) is 1. The maximum absolute atomic E-state index is 11.3. The van der Waals surface area contributed by atoms with Gasteiger partial charge in [-0.15, -0.1) is 0 Å². The first kappa shape index (κ1) is 13.7. The molecule has 0 fully saturated rings. The van der Waals surface area contributed by atoms with Crippen molar-refractivity contribution in [1.82, 2.24) is 0 Å².